The average Bonchev–Trinajstić information content (AvgIpc) is 3.05. The summed E-state index contributed by atoms with van der Waals surface area (Å²) >= 11 is 0. The largest absolute Gasteiger partial charge is 0.419 e. The molecule has 3 amide bonds. The molecule has 0 atom stereocenters. The highest BCUT2D eigenvalue weighted by Crippen LogP contribution is 2.33. The number of alkyl halides is 3. The number of carbonyl (C=O) groups excluding carboxylic acids is 2. The minimum atomic E-state index is -4.94. The standard InChI is InChI=1S/C22H25F4N7O2.ClH/c1-12-17-18(27-8-5-9-32(2)3)14(11-28-19(17)33(4)31-12)20(34)30-21(35)29-13-6-7-16(23)15(10-13)22(24,25)26;/h6-7,10-11H,5,8-9H2,1-4H3,(H,27,28)(H2,29,30,34,35);1H. The van der Waals surface area contributed by atoms with Gasteiger partial charge < -0.3 is 15.5 Å². The lowest BCUT2D eigenvalue weighted by Crippen LogP contribution is -2.35. The van der Waals surface area contributed by atoms with Gasteiger partial charge in [-0.25, -0.2) is 14.2 Å². The van der Waals surface area contributed by atoms with Gasteiger partial charge in [0.25, 0.3) is 5.91 Å². The van der Waals surface area contributed by atoms with Crippen molar-refractivity contribution in [1.29, 1.82) is 0 Å². The molecule has 0 aliphatic carbocycles. The Morgan fingerprint density at radius 3 is 2.53 bits per heavy atom. The van der Waals surface area contributed by atoms with Gasteiger partial charge >= 0.3 is 12.2 Å². The number of pyridine rings is 1. The molecular formula is C22H26ClF4N7O2. The van der Waals surface area contributed by atoms with Crippen molar-refractivity contribution < 1.29 is 27.2 Å². The molecule has 3 aromatic rings. The van der Waals surface area contributed by atoms with E-state index in [1.807, 2.05) is 19.0 Å². The van der Waals surface area contributed by atoms with Crippen molar-refractivity contribution in [2.75, 3.05) is 37.8 Å². The molecule has 0 saturated carbocycles. The number of aryl methyl sites for hydroxylation is 2. The molecule has 0 aliphatic heterocycles. The first-order valence-corrected chi connectivity index (χ1v) is 10.6. The second kappa shape index (κ2) is 11.5. The highest BCUT2D eigenvalue weighted by atomic mass is 35.5. The number of fused-ring (bicyclic) bond motifs is 1. The van der Waals surface area contributed by atoms with Crippen LogP contribution < -0.4 is 16.0 Å². The van der Waals surface area contributed by atoms with Gasteiger partial charge in [-0.2, -0.15) is 18.3 Å². The Morgan fingerprint density at radius 1 is 1.19 bits per heavy atom. The molecule has 3 N–H and O–H groups in total. The number of hydrogen-bond acceptors (Lipinski definition) is 6. The lowest BCUT2D eigenvalue weighted by atomic mass is 10.1. The van der Waals surface area contributed by atoms with E-state index >= 15 is 0 Å². The molecule has 1 aromatic carbocycles. The maximum absolute atomic E-state index is 13.5. The maximum Gasteiger partial charge on any atom is 0.419 e. The van der Waals surface area contributed by atoms with Crippen molar-refractivity contribution in [3.05, 3.63) is 47.0 Å². The number of hydrogen-bond donors (Lipinski definition) is 3. The second-order valence-electron chi connectivity index (χ2n) is 8.14. The van der Waals surface area contributed by atoms with E-state index < -0.39 is 29.5 Å². The van der Waals surface area contributed by atoms with Gasteiger partial charge in [0.05, 0.1) is 27.9 Å². The van der Waals surface area contributed by atoms with Gasteiger partial charge in [-0.05, 0) is 52.2 Å². The van der Waals surface area contributed by atoms with Crippen LogP contribution in [0.25, 0.3) is 11.0 Å². The molecular weight excluding hydrogens is 506 g/mol. The van der Waals surface area contributed by atoms with Crippen LogP contribution in [-0.2, 0) is 13.2 Å². The fourth-order valence-corrected chi connectivity index (χ4v) is 3.53. The van der Waals surface area contributed by atoms with E-state index in [1.165, 1.54) is 6.20 Å². The van der Waals surface area contributed by atoms with Gasteiger partial charge in [0.2, 0.25) is 0 Å². The van der Waals surface area contributed by atoms with Crippen LogP contribution in [-0.4, -0.2) is 58.8 Å². The van der Waals surface area contributed by atoms with E-state index in [1.54, 1.807) is 18.7 Å². The lowest BCUT2D eigenvalue weighted by Gasteiger charge is -2.15. The third kappa shape index (κ3) is 6.61. The molecule has 0 radical (unpaired) electrons. The first-order valence-electron chi connectivity index (χ1n) is 10.6. The number of benzene rings is 1. The van der Waals surface area contributed by atoms with Crippen LogP contribution in [0, 0.1) is 12.7 Å². The van der Waals surface area contributed by atoms with Crippen molar-refractivity contribution in [2.45, 2.75) is 19.5 Å². The summed E-state index contributed by atoms with van der Waals surface area (Å²) in [5.74, 6) is -2.30. The Balaban J connectivity index is 0.00000456. The first kappa shape index (κ1) is 28.8. The zero-order valence-corrected chi connectivity index (χ0v) is 20.8. The topological polar surface area (TPSA) is 104 Å². The molecule has 0 bridgehead atoms. The molecule has 9 nitrogen and oxygen atoms in total. The maximum atomic E-state index is 13.5. The lowest BCUT2D eigenvalue weighted by molar-refractivity contribution is -0.139. The SMILES string of the molecule is Cc1nn(C)c2ncc(C(=O)NC(=O)Nc3ccc(F)c(C(F)(F)F)c3)c(NCCCN(C)C)c12.Cl. The molecule has 196 valence electrons. The fraction of sp³-hybridized carbons (Fsp3) is 0.364. The zero-order valence-electron chi connectivity index (χ0n) is 20.0. The highest BCUT2D eigenvalue weighted by molar-refractivity contribution is 6.13. The van der Waals surface area contributed by atoms with Crippen molar-refractivity contribution in [3.63, 3.8) is 0 Å². The number of anilines is 2. The summed E-state index contributed by atoms with van der Waals surface area (Å²) in [6.45, 7) is 3.08. The Hall–Kier alpha value is -3.45. The zero-order chi connectivity index (χ0) is 25.9. The molecule has 3 rings (SSSR count). The van der Waals surface area contributed by atoms with Gasteiger partial charge in [0.15, 0.2) is 5.65 Å². The Kier molecular flexibility index (Phi) is 9.21. The number of halogens is 5. The number of amides is 3. The van der Waals surface area contributed by atoms with Crippen LogP contribution in [0.3, 0.4) is 0 Å². The van der Waals surface area contributed by atoms with E-state index in [0.717, 1.165) is 19.0 Å². The number of carbonyl (C=O) groups is 2. The monoisotopic (exact) mass is 531 g/mol. The molecule has 0 unspecified atom stereocenters. The Bertz CT molecular complexity index is 1260. The summed E-state index contributed by atoms with van der Waals surface area (Å²) < 4.78 is 53.8. The van der Waals surface area contributed by atoms with Gasteiger partial charge in [0, 0.05) is 25.5 Å². The molecule has 2 aromatic heterocycles. The number of urea groups is 1. The van der Waals surface area contributed by atoms with Crippen LogP contribution in [0.5, 0.6) is 0 Å². The van der Waals surface area contributed by atoms with Gasteiger partial charge in [-0.15, -0.1) is 12.4 Å². The quantitative estimate of drug-likeness (QED) is 0.312. The van der Waals surface area contributed by atoms with Crippen LogP contribution >= 0.6 is 12.4 Å². The van der Waals surface area contributed by atoms with Crippen molar-refractivity contribution >= 4 is 46.8 Å². The summed E-state index contributed by atoms with van der Waals surface area (Å²) in [4.78, 5) is 31.5. The van der Waals surface area contributed by atoms with Crippen molar-refractivity contribution in [1.82, 2.24) is 25.0 Å². The van der Waals surface area contributed by atoms with E-state index in [9.17, 15) is 27.2 Å². The summed E-state index contributed by atoms with van der Waals surface area (Å²) in [7, 11) is 5.58. The molecule has 2 heterocycles. The molecule has 0 aliphatic rings. The van der Waals surface area contributed by atoms with Crippen molar-refractivity contribution in [3.8, 4) is 0 Å². The number of aromatic nitrogens is 3. The number of nitrogens with one attached hydrogen (secondary N) is 3. The van der Waals surface area contributed by atoms with Crippen LogP contribution in [0.15, 0.2) is 24.4 Å². The van der Waals surface area contributed by atoms with Gasteiger partial charge in [0.1, 0.15) is 5.82 Å². The van der Waals surface area contributed by atoms with E-state index in [0.29, 0.717) is 41.1 Å². The van der Waals surface area contributed by atoms with Gasteiger partial charge in [-0.1, -0.05) is 0 Å². The number of nitrogens with zero attached hydrogens (tertiary/aromatic N) is 4. The first-order chi connectivity index (χ1) is 16.4. The minimum absolute atomic E-state index is 0. The molecule has 14 heteroatoms. The van der Waals surface area contributed by atoms with Crippen molar-refractivity contribution in [2.24, 2.45) is 7.05 Å². The Morgan fingerprint density at radius 2 is 1.89 bits per heavy atom. The fourth-order valence-electron chi connectivity index (χ4n) is 3.53. The molecule has 36 heavy (non-hydrogen) atoms. The molecule has 0 saturated heterocycles. The van der Waals surface area contributed by atoms with Crippen LogP contribution in [0.2, 0.25) is 0 Å². The minimum Gasteiger partial charge on any atom is -0.384 e. The van der Waals surface area contributed by atoms with E-state index in [2.05, 4.69) is 26.0 Å². The summed E-state index contributed by atoms with van der Waals surface area (Å²) in [6.07, 6.45) is -2.88. The van der Waals surface area contributed by atoms with E-state index in [4.69, 9.17) is 0 Å². The normalized spacial score (nSPS) is 11.4. The predicted octanol–water partition coefficient (Wildman–Crippen LogP) is 4.18. The molecule has 0 spiro atoms. The average molecular weight is 532 g/mol. The summed E-state index contributed by atoms with van der Waals surface area (Å²) in [5, 5.41) is 12.4. The smallest absolute Gasteiger partial charge is 0.384 e. The number of rotatable bonds is 7. The number of imide groups is 1. The summed E-state index contributed by atoms with van der Waals surface area (Å²) in [5.41, 5.74) is -0.218. The second-order valence-corrected chi connectivity index (χ2v) is 8.14. The predicted molar refractivity (Wildman–Crippen MR) is 130 cm³/mol. The Labute approximate surface area is 210 Å². The van der Waals surface area contributed by atoms with Crippen LogP contribution in [0.4, 0.5) is 33.7 Å². The van der Waals surface area contributed by atoms with E-state index in [-0.39, 0.29) is 23.7 Å². The van der Waals surface area contributed by atoms with Gasteiger partial charge in [-0.3, -0.25) is 14.8 Å². The molecule has 0 fully saturated rings. The third-order valence-corrected chi connectivity index (χ3v) is 5.11. The van der Waals surface area contributed by atoms with Crippen LogP contribution in [0.1, 0.15) is 28.0 Å². The third-order valence-electron chi connectivity index (χ3n) is 5.11. The summed E-state index contributed by atoms with van der Waals surface area (Å²) in [6, 6.07) is 0.901. The highest BCUT2D eigenvalue weighted by Gasteiger charge is 2.34.